The zero-order valence-electron chi connectivity index (χ0n) is 35.9. The van der Waals surface area contributed by atoms with Crippen LogP contribution in [0.5, 0.6) is 0 Å². The monoisotopic (exact) mass is 809 g/mol. The van der Waals surface area contributed by atoms with Crippen molar-refractivity contribution in [3.63, 3.8) is 0 Å². The second-order valence-corrected chi connectivity index (χ2v) is 18.2. The fourth-order valence-electron chi connectivity index (χ4n) is 10.6. The molecule has 59 heavy (non-hydrogen) atoms. The van der Waals surface area contributed by atoms with Crippen LogP contribution < -0.4 is 10.6 Å². The molecule has 0 radical (unpaired) electrons. The number of hydrogen-bond acceptors (Lipinski definition) is 8. The number of aromatic amines is 1. The zero-order chi connectivity index (χ0) is 42.1. The molecule has 1 unspecified atom stereocenters. The molecule has 2 bridgehead atoms. The van der Waals surface area contributed by atoms with Crippen LogP contribution in [0.4, 0.5) is 9.59 Å². The highest BCUT2D eigenvalue weighted by atomic mass is 16.5. The van der Waals surface area contributed by atoms with Crippen LogP contribution in [0.3, 0.4) is 0 Å². The Hall–Kier alpha value is -4.94. The maximum absolute atomic E-state index is 13.6. The summed E-state index contributed by atoms with van der Waals surface area (Å²) in [6, 6.07) is 7.83. The van der Waals surface area contributed by atoms with Gasteiger partial charge in [0.1, 0.15) is 17.9 Å². The predicted molar refractivity (Wildman–Crippen MR) is 226 cm³/mol. The number of nitrogens with zero attached hydrogens (tertiary/aromatic N) is 4. The van der Waals surface area contributed by atoms with Crippen molar-refractivity contribution in [3.05, 3.63) is 76.9 Å². The highest BCUT2D eigenvalue weighted by Crippen LogP contribution is 2.76. The highest BCUT2D eigenvalue weighted by Gasteiger charge is 2.68. The van der Waals surface area contributed by atoms with Gasteiger partial charge in [0.25, 0.3) is 0 Å². The predicted octanol–water partition coefficient (Wildman–Crippen LogP) is 6.92. The number of benzene rings is 1. The van der Waals surface area contributed by atoms with Crippen molar-refractivity contribution in [1.82, 2.24) is 30.4 Å². The topological polar surface area (TPSA) is 158 Å². The summed E-state index contributed by atoms with van der Waals surface area (Å²) < 4.78 is 9.56. The number of rotatable bonds is 14. The van der Waals surface area contributed by atoms with E-state index < -0.39 is 24.3 Å². The van der Waals surface area contributed by atoms with Crippen LogP contribution in [-0.4, -0.2) is 101 Å². The molecule has 1 aromatic heterocycles. The van der Waals surface area contributed by atoms with E-state index in [1.165, 1.54) is 30.9 Å². The van der Waals surface area contributed by atoms with Gasteiger partial charge in [0.05, 0.1) is 26.3 Å². The minimum atomic E-state index is -0.658. The number of aliphatic imine (C=N–C) groups is 1. The molecule has 3 N–H and O–H groups in total. The first-order chi connectivity index (χ1) is 28.3. The molecule has 4 amide bonds. The highest BCUT2D eigenvalue weighted by molar-refractivity contribution is 5.97. The van der Waals surface area contributed by atoms with Crippen molar-refractivity contribution in [1.29, 1.82) is 0 Å². The number of alkyl carbamates (subject to hydrolysis) is 2. The molecule has 2 saturated heterocycles. The Morgan fingerprint density at radius 1 is 0.881 bits per heavy atom. The van der Waals surface area contributed by atoms with E-state index in [1.54, 1.807) is 0 Å². The lowest BCUT2D eigenvalue weighted by Gasteiger charge is -2.72. The number of amides is 4. The van der Waals surface area contributed by atoms with Crippen LogP contribution in [0.25, 0.3) is 0 Å². The number of carbonyl (C=O) groups excluding carboxylic acids is 4. The second-order valence-electron chi connectivity index (χ2n) is 18.2. The lowest BCUT2D eigenvalue weighted by molar-refractivity contribution is -0.135. The fraction of sp³-hybridized carbons (Fsp3) is 0.609. The van der Waals surface area contributed by atoms with Crippen LogP contribution >= 0.6 is 0 Å². The quantitative estimate of drug-likeness (QED) is 0.175. The number of aromatic nitrogens is 2. The van der Waals surface area contributed by atoms with Gasteiger partial charge in [-0.1, -0.05) is 70.2 Å². The molecule has 2 aromatic rings. The summed E-state index contributed by atoms with van der Waals surface area (Å²) in [5.74, 6) is 0.797. The third-order valence-corrected chi connectivity index (χ3v) is 13.8. The van der Waals surface area contributed by atoms with Gasteiger partial charge in [0.2, 0.25) is 11.8 Å². The normalized spacial score (nSPS) is 27.4. The molecular weight excluding hydrogens is 747 g/mol. The van der Waals surface area contributed by atoms with Gasteiger partial charge >= 0.3 is 12.2 Å². The van der Waals surface area contributed by atoms with E-state index >= 15 is 0 Å². The number of allylic oxidation sites excluding steroid dienone is 4. The molecule has 5 fully saturated rings. The SMILES string of the molecule is C/C=C(\C=C/Cc1cnc([C@@H]2CCCN2C(=O)[C@@H](NC(=O)OC)C(C)C)[nH]1)C12CC(c3ccc(C4CN=C([C@@H]5CCCN5C(=O)[C@@H](NC(=O)OC)C(C)C)C4)cc3)(C1)C2. The van der Waals surface area contributed by atoms with Gasteiger partial charge in [-0.15, -0.1) is 0 Å². The number of methoxy groups -OCH3 is 2. The molecule has 3 aliphatic carbocycles. The molecule has 3 aliphatic heterocycles. The summed E-state index contributed by atoms with van der Waals surface area (Å²) in [5, 5.41) is 5.46. The largest absolute Gasteiger partial charge is 0.453 e. The van der Waals surface area contributed by atoms with E-state index in [-0.39, 0.29) is 46.6 Å². The summed E-state index contributed by atoms with van der Waals surface area (Å²) in [6.07, 6.45) is 16.1. The van der Waals surface area contributed by atoms with Gasteiger partial charge in [0.15, 0.2) is 0 Å². The number of carbonyl (C=O) groups is 4. The van der Waals surface area contributed by atoms with Gasteiger partial charge in [-0.3, -0.25) is 14.6 Å². The fourth-order valence-corrected chi connectivity index (χ4v) is 10.6. The summed E-state index contributed by atoms with van der Waals surface area (Å²) in [5.41, 5.74) is 6.73. The van der Waals surface area contributed by atoms with Gasteiger partial charge < -0.3 is 34.9 Å². The van der Waals surface area contributed by atoms with Crippen LogP contribution in [0.1, 0.15) is 121 Å². The van der Waals surface area contributed by atoms with E-state index in [0.717, 1.165) is 81.6 Å². The van der Waals surface area contributed by atoms with E-state index in [1.807, 2.05) is 43.7 Å². The number of imidazole rings is 1. The molecule has 13 nitrogen and oxygen atoms in total. The van der Waals surface area contributed by atoms with E-state index in [9.17, 15) is 19.2 Å². The van der Waals surface area contributed by atoms with Crippen LogP contribution in [0, 0.1) is 17.3 Å². The number of nitrogens with one attached hydrogen (secondary N) is 3. The summed E-state index contributed by atoms with van der Waals surface area (Å²) >= 11 is 0. The van der Waals surface area contributed by atoms with Crippen molar-refractivity contribution in [2.24, 2.45) is 22.2 Å². The molecule has 5 atom stereocenters. The van der Waals surface area contributed by atoms with E-state index in [2.05, 4.69) is 65.0 Å². The van der Waals surface area contributed by atoms with Gasteiger partial charge in [-0.05, 0) is 97.7 Å². The Labute approximate surface area is 348 Å². The van der Waals surface area contributed by atoms with Crippen LogP contribution in [0.2, 0.25) is 0 Å². The van der Waals surface area contributed by atoms with Crippen LogP contribution in [-0.2, 0) is 30.9 Å². The average molecular weight is 810 g/mol. The number of hydrogen-bond donors (Lipinski definition) is 3. The second kappa shape index (κ2) is 17.3. The third kappa shape index (κ3) is 8.31. The molecule has 4 heterocycles. The van der Waals surface area contributed by atoms with E-state index in [4.69, 9.17) is 19.5 Å². The zero-order valence-corrected chi connectivity index (χ0v) is 35.9. The first-order valence-corrected chi connectivity index (χ1v) is 21.6. The molecule has 1 aromatic carbocycles. The van der Waals surface area contributed by atoms with Crippen molar-refractivity contribution in [2.75, 3.05) is 33.9 Å². The minimum absolute atomic E-state index is 0.0155. The first-order valence-electron chi connectivity index (χ1n) is 21.6. The lowest BCUT2D eigenvalue weighted by Crippen LogP contribution is -2.65. The summed E-state index contributed by atoms with van der Waals surface area (Å²) in [4.78, 5) is 68.0. The molecule has 13 heteroatoms. The average Bonchev–Trinajstić information content (AvgIpc) is 4.04. The number of ether oxygens (including phenoxy) is 2. The molecule has 3 saturated carbocycles. The van der Waals surface area contributed by atoms with Crippen molar-refractivity contribution in [2.45, 2.75) is 128 Å². The molecule has 6 aliphatic rings. The van der Waals surface area contributed by atoms with E-state index in [0.29, 0.717) is 19.0 Å². The maximum atomic E-state index is 13.6. The van der Waals surface area contributed by atoms with Gasteiger partial charge in [-0.25, -0.2) is 14.6 Å². The Morgan fingerprint density at radius 3 is 2.02 bits per heavy atom. The van der Waals surface area contributed by atoms with Crippen LogP contribution in [0.15, 0.2) is 59.3 Å². The van der Waals surface area contributed by atoms with Crippen molar-refractivity contribution >= 4 is 29.7 Å². The molecule has 8 rings (SSSR count). The molecular formula is C46H63N7O6. The van der Waals surface area contributed by atoms with Gasteiger partial charge in [-0.2, -0.15) is 0 Å². The number of likely N-dealkylation sites (tertiary alicyclic amines) is 2. The number of H-pyrrole nitrogens is 1. The van der Waals surface area contributed by atoms with Gasteiger partial charge in [0, 0.05) is 49.6 Å². The smallest absolute Gasteiger partial charge is 0.407 e. The standard InChI is InChI=1S/C46H63N7O6/c1-8-32(12-9-13-34-24-48-40(49-34)37-15-11-21-53(37)42(55)39(29(4)5)51-44(57)59-7)45-25-46(26-45,27-45)33-18-16-30(17-19-33)31-22-35(47-23-31)36-14-10-20-52(36)41(54)38(28(2)3)50-43(56)58-6/h8-9,12,16-19,24,28-29,31,36-39H,10-11,13-15,20-23,25-27H2,1-7H3,(H,48,49)(H,50,56)(H,51,57)/b12-9-,32-8+/t31?,36-,37-,38-,39-,45?,46?/m0/s1. The first kappa shape index (κ1) is 42.2. The summed E-state index contributed by atoms with van der Waals surface area (Å²) in [6.45, 7) is 11.9. The van der Waals surface area contributed by atoms with Crippen molar-refractivity contribution < 1.29 is 28.7 Å². The lowest BCUT2D eigenvalue weighted by atomic mass is 9.31. The summed E-state index contributed by atoms with van der Waals surface area (Å²) in [7, 11) is 2.62. The Kier molecular flexibility index (Phi) is 12.4. The maximum Gasteiger partial charge on any atom is 0.407 e. The Balaban J connectivity index is 0.903. The molecule has 318 valence electrons. The Bertz CT molecular complexity index is 1960. The third-order valence-electron chi connectivity index (χ3n) is 13.8. The minimum Gasteiger partial charge on any atom is -0.453 e. The molecule has 0 spiro atoms. The Morgan fingerprint density at radius 2 is 1.46 bits per heavy atom. The van der Waals surface area contributed by atoms with Crippen molar-refractivity contribution in [3.8, 4) is 0 Å².